The van der Waals surface area contributed by atoms with E-state index in [2.05, 4.69) is 10.0 Å². The third kappa shape index (κ3) is 4.91. The average molecular weight is 249 g/mol. The molecule has 0 bridgehead atoms. The summed E-state index contributed by atoms with van der Waals surface area (Å²) in [6.45, 7) is 0.893. The predicted octanol–water partition coefficient (Wildman–Crippen LogP) is -1.08. The van der Waals surface area contributed by atoms with Crippen LogP contribution in [0.2, 0.25) is 0 Å². The number of amides is 1. The van der Waals surface area contributed by atoms with E-state index in [0.717, 1.165) is 0 Å². The first-order chi connectivity index (χ1) is 7.53. The zero-order valence-electron chi connectivity index (χ0n) is 9.24. The van der Waals surface area contributed by atoms with Crippen LogP contribution in [-0.4, -0.2) is 39.2 Å². The van der Waals surface area contributed by atoms with Crippen molar-refractivity contribution in [2.24, 2.45) is 5.73 Å². The Hall–Kier alpha value is -0.660. The molecule has 4 N–H and O–H groups in total. The van der Waals surface area contributed by atoms with Gasteiger partial charge in [0, 0.05) is 19.0 Å². The maximum atomic E-state index is 11.6. The lowest BCUT2D eigenvalue weighted by molar-refractivity contribution is -0.122. The molecule has 1 rings (SSSR count). The van der Waals surface area contributed by atoms with Crippen LogP contribution in [-0.2, 0) is 14.8 Å². The van der Waals surface area contributed by atoms with Crippen LogP contribution in [0.5, 0.6) is 0 Å². The van der Waals surface area contributed by atoms with Crippen molar-refractivity contribution >= 4 is 15.9 Å². The van der Waals surface area contributed by atoms with Crippen LogP contribution in [0.3, 0.4) is 0 Å². The van der Waals surface area contributed by atoms with E-state index in [-0.39, 0.29) is 17.7 Å². The third-order valence-corrected chi connectivity index (χ3v) is 4.00. The third-order valence-electron chi connectivity index (χ3n) is 2.48. The second-order valence-electron chi connectivity index (χ2n) is 3.97. The molecule has 1 aliphatic heterocycles. The lowest BCUT2D eigenvalue weighted by Crippen LogP contribution is -2.48. The van der Waals surface area contributed by atoms with Gasteiger partial charge in [0.05, 0.1) is 5.75 Å². The molecule has 0 spiro atoms. The lowest BCUT2D eigenvalue weighted by Gasteiger charge is -2.23. The zero-order chi connectivity index (χ0) is 12.0. The summed E-state index contributed by atoms with van der Waals surface area (Å²) in [6.07, 6.45) is 2.24. The maximum absolute atomic E-state index is 11.6. The van der Waals surface area contributed by atoms with E-state index in [1.807, 2.05) is 0 Å². The number of rotatable bonds is 6. The molecule has 0 aliphatic carbocycles. The van der Waals surface area contributed by atoms with E-state index in [4.69, 9.17) is 5.73 Å². The summed E-state index contributed by atoms with van der Waals surface area (Å²) in [4.78, 5) is 10.9. The quantitative estimate of drug-likeness (QED) is 0.521. The average Bonchev–Trinajstić information content (AvgIpc) is 2.21. The van der Waals surface area contributed by atoms with Crippen LogP contribution < -0.4 is 15.8 Å². The van der Waals surface area contributed by atoms with Gasteiger partial charge in [-0.05, 0) is 25.8 Å². The van der Waals surface area contributed by atoms with Crippen LogP contribution in [0.25, 0.3) is 0 Å². The topological polar surface area (TPSA) is 101 Å². The minimum absolute atomic E-state index is 0.0152. The number of piperidine rings is 1. The van der Waals surface area contributed by atoms with Crippen LogP contribution >= 0.6 is 0 Å². The Balaban J connectivity index is 2.32. The Morgan fingerprint density at radius 3 is 2.75 bits per heavy atom. The number of nitrogens with two attached hydrogens (primary N) is 1. The van der Waals surface area contributed by atoms with Crippen molar-refractivity contribution in [3.8, 4) is 0 Å². The zero-order valence-corrected chi connectivity index (χ0v) is 10.1. The smallest absolute Gasteiger partial charge is 0.220 e. The Morgan fingerprint density at radius 2 is 2.19 bits per heavy atom. The van der Waals surface area contributed by atoms with E-state index in [1.54, 1.807) is 0 Å². The molecule has 0 aromatic carbocycles. The monoisotopic (exact) mass is 249 g/mol. The molecule has 0 radical (unpaired) electrons. The molecule has 1 atom stereocenters. The van der Waals surface area contributed by atoms with Crippen LogP contribution in [0, 0.1) is 0 Å². The van der Waals surface area contributed by atoms with Gasteiger partial charge >= 0.3 is 0 Å². The van der Waals surface area contributed by atoms with Crippen molar-refractivity contribution in [3.05, 3.63) is 0 Å². The van der Waals surface area contributed by atoms with Gasteiger partial charge in [0.2, 0.25) is 15.9 Å². The van der Waals surface area contributed by atoms with E-state index in [9.17, 15) is 13.2 Å². The molecule has 94 valence electrons. The highest BCUT2D eigenvalue weighted by Crippen LogP contribution is 2.05. The Labute approximate surface area is 96.0 Å². The Morgan fingerprint density at radius 1 is 1.44 bits per heavy atom. The van der Waals surface area contributed by atoms with Gasteiger partial charge in [0.1, 0.15) is 0 Å². The fourth-order valence-electron chi connectivity index (χ4n) is 1.58. The van der Waals surface area contributed by atoms with Crippen molar-refractivity contribution in [2.45, 2.75) is 31.7 Å². The summed E-state index contributed by atoms with van der Waals surface area (Å²) in [7, 11) is -3.23. The molecule has 7 heteroatoms. The highest BCUT2D eigenvalue weighted by molar-refractivity contribution is 7.89. The summed E-state index contributed by atoms with van der Waals surface area (Å²) >= 11 is 0. The number of carbonyl (C=O) groups excluding carboxylic acids is 1. The van der Waals surface area contributed by atoms with Crippen LogP contribution in [0.1, 0.15) is 25.7 Å². The number of hydrogen-bond donors (Lipinski definition) is 3. The second-order valence-corrected chi connectivity index (χ2v) is 5.85. The molecule has 1 heterocycles. The first kappa shape index (κ1) is 13.4. The summed E-state index contributed by atoms with van der Waals surface area (Å²) in [6, 6.07) is -0.166. The minimum atomic E-state index is -3.23. The molecular weight excluding hydrogens is 230 g/mol. The summed E-state index contributed by atoms with van der Waals surface area (Å²) < 4.78 is 25.8. The molecule has 1 amide bonds. The van der Waals surface area contributed by atoms with Gasteiger partial charge in [-0.15, -0.1) is 0 Å². The first-order valence-corrected chi connectivity index (χ1v) is 7.15. The van der Waals surface area contributed by atoms with Gasteiger partial charge in [0.25, 0.3) is 0 Å². The first-order valence-electron chi connectivity index (χ1n) is 5.50. The summed E-state index contributed by atoms with van der Waals surface area (Å²) in [5.41, 5.74) is 5.29. The van der Waals surface area contributed by atoms with E-state index in [0.29, 0.717) is 38.8 Å². The largest absolute Gasteiger partial charge is 0.355 e. The Bertz CT molecular complexity index is 319. The van der Waals surface area contributed by atoms with Gasteiger partial charge in [-0.2, -0.15) is 0 Å². The second kappa shape index (κ2) is 6.17. The predicted molar refractivity (Wildman–Crippen MR) is 61.2 cm³/mol. The van der Waals surface area contributed by atoms with Crippen molar-refractivity contribution < 1.29 is 13.2 Å². The Kier molecular flexibility index (Phi) is 5.17. The van der Waals surface area contributed by atoms with E-state index < -0.39 is 10.0 Å². The fraction of sp³-hybridized carbons (Fsp3) is 0.889. The minimum Gasteiger partial charge on any atom is -0.355 e. The van der Waals surface area contributed by atoms with Gasteiger partial charge in [-0.1, -0.05) is 0 Å². The molecule has 0 saturated carbocycles. The number of unbranched alkanes of at least 4 members (excludes halogenated alkanes) is 1. The van der Waals surface area contributed by atoms with Crippen molar-refractivity contribution in [3.63, 3.8) is 0 Å². The molecule has 1 saturated heterocycles. The molecule has 16 heavy (non-hydrogen) atoms. The van der Waals surface area contributed by atoms with E-state index >= 15 is 0 Å². The van der Waals surface area contributed by atoms with Gasteiger partial charge < -0.3 is 11.1 Å². The summed E-state index contributed by atoms with van der Waals surface area (Å²) in [5, 5.41) is 2.64. The highest BCUT2D eigenvalue weighted by Gasteiger charge is 2.22. The van der Waals surface area contributed by atoms with Gasteiger partial charge in [-0.3, -0.25) is 4.79 Å². The lowest BCUT2D eigenvalue weighted by atomic mass is 10.1. The standard InChI is InChI=1S/C9H19N3O3S/c10-5-1-2-6-16(14,15)12-8-3-4-9(13)11-7-8/h8,12H,1-7,10H2,(H,11,13). The number of carbonyl (C=O) groups is 1. The molecular formula is C9H19N3O3S. The number of hydrogen-bond acceptors (Lipinski definition) is 4. The van der Waals surface area contributed by atoms with Gasteiger partial charge in [-0.25, -0.2) is 13.1 Å². The fourth-order valence-corrected chi connectivity index (χ4v) is 2.99. The highest BCUT2D eigenvalue weighted by atomic mass is 32.2. The SMILES string of the molecule is NCCCCS(=O)(=O)NC1CCC(=O)NC1. The molecule has 6 nitrogen and oxygen atoms in total. The molecule has 1 fully saturated rings. The normalized spacial score (nSPS) is 21.8. The van der Waals surface area contributed by atoms with Crippen molar-refractivity contribution in [1.29, 1.82) is 0 Å². The number of nitrogens with one attached hydrogen (secondary N) is 2. The molecule has 0 aromatic rings. The van der Waals surface area contributed by atoms with Crippen molar-refractivity contribution in [1.82, 2.24) is 10.0 Å². The summed E-state index contributed by atoms with van der Waals surface area (Å²) in [5.74, 6) is 0.0906. The molecule has 1 unspecified atom stereocenters. The van der Waals surface area contributed by atoms with Crippen LogP contribution in [0.15, 0.2) is 0 Å². The van der Waals surface area contributed by atoms with Crippen molar-refractivity contribution in [2.75, 3.05) is 18.8 Å². The number of sulfonamides is 1. The molecule has 1 aliphatic rings. The van der Waals surface area contributed by atoms with E-state index in [1.165, 1.54) is 0 Å². The molecule has 0 aromatic heterocycles. The maximum Gasteiger partial charge on any atom is 0.220 e. The van der Waals surface area contributed by atoms with Gasteiger partial charge in [0.15, 0.2) is 0 Å². The van der Waals surface area contributed by atoms with Crippen LogP contribution in [0.4, 0.5) is 0 Å².